The maximum atomic E-state index is 9.77. The molecule has 0 aromatic heterocycles. The number of nitrogens with zero attached hydrogens (tertiary/aromatic N) is 1. The monoisotopic (exact) mass is 207 g/mol. The lowest BCUT2D eigenvalue weighted by Crippen LogP contribution is -2.14. The molecule has 0 radical (unpaired) electrons. The van der Waals surface area contributed by atoms with Gasteiger partial charge in [0.1, 0.15) is 5.75 Å². The number of benzene rings is 1. The van der Waals surface area contributed by atoms with Gasteiger partial charge >= 0.3 is 0 Å². The second-order valence-electron chi connectivity index (χ2n) is 3.17. The van der Waals surface area contributed by atoms with Gasteiger partial charge in [-0.1, -0.05) is 18.2 Å². The number of hydrogen-bond acceptors (Lipinski definition) is 2. The summed E-state index contributed by atoms with van der Waals surface area (Å²) in [6.45, 7) is 6.02. The van der Waals surface area contributed by atoms with Crippen molar-refractivity contribution in [2.24, 2.45) is 0 Å². The van der Waals surface area contributed by atoms with Crippen molar-refractivity contribution in [3.8, 4) is 5.75 Å². The molecule has 0 aliphatic carbocycles. The highest BCUT2D eigenvalue weighted by atomic mass is 16.3. The molecule has 1 rings (SSSR count). The Balaban J connectivity index is 0.000000265. The Morgan fingerprint density at radius 3 is 2.47 bits per heavy atom. The van der Waals surface area contributed by atoms with E-state index in [1.165, 1.54) is 4.90 Å². The van der Waals surface area contributed by atoms with Crippen molar-refractivity contribution in [1.82, 2.24) is 4.90 Å². The molecular weight excluding hydrogens is 190 g/mol. The average molecular weight is 207 g/mol. The minimum atomic E-state index is 0.338. The van der Waals surface area contributed by atoms with Crippen molar-refractivity contribution in [3.05, 3.63) is 42.5 Å². The van der Waals surface area contributed by atoms with Gasteiger partial charge in [-0.2, -0.15) is 0 Å². The highest BCUT2D eigenvalue weighted by molar-refractivity contribution is 5.46. The third-order valence-electron chi connectivity index (χ3n) is 1.60. The fourth-order valence-electron chi connectivity index (χ4n) is 0.875. The third kappa shape index (κ3) is 7.31. The Labute approximate surface area is 90.7 Å². The molecule has 0 aliphatic rings. The molecule has 1 N–H and O–H groups in total. The molecule has 1 aromatic rings. The van der Waals surface area contributed by atoms with E-state index in [4.69, 9.17) is 5.11 Å². The molecule has 3 heteroatoms. The fraction of sp³-hybridized carbons (Fsp3) is 0.250. The van der Waals surface area contributed by atoms with E-state index in [2.05, 4.69) is 6.58 Å². The van der Waals surface area contributed by atoms with Gasteiger partial charge in [-0.3, -0.25) is 4.79 Å². The average Bonchev–Trinajstić information content (AvgIpc) is 2.18. The number of aryl methyl sites for hydroxylation is 1. The summed E-state index contributed by atoms with van der Waals surface area (Å²) in [5.74, 6) is 0.338. The van der Waals surface area contributed by atoms with Crippen LogP contribution < -0.4 is 0 Å². The zero-order chi connectivity index (χ0) is 11.7. The molecule has 1 amide bonds. The van der Waals surface area contributed by atoms with Gasteiger partial charge in [0.05, 0.1) is 0 Å². The quantitative estimate of drug-likeness (QED) is 0.608. The minimum Gasteiger partial charge on any atom is -0.508 e. The number of amides is 1. The number of likely N-dealkylation sites (N-methyl/N-ethyl adjacent to an activating group) is 1. The highest BCUT2D eigenvalue weighted by Crippen LogP contribution is 2.08. The second-order valence-corrected chi connectivity index (χ2v) is 3.17. The van der Waals surface area contributed by atoms with E-state index in [-0.39, 0.29) is 0 Å². The lowest BCUT2D eigenvalue weighted by Gasteiger charge is -2.03. The smallest absolute Gasteiger partial charge is 0.209 e. The van der Waals surface area contributed by atoms with Gasteiger partial charge in [0.15, 0.2) is 0 Å². The third-order valence-corrected chi connectivity index (χ3v) is 1.60. The van der Waals surface area contributed by atoms with Gasteiger partial charge in [-0.15, -0.1) is 6.58 Å². The Hall–Kier alpha value is -1.77. The lowest BCUT2D eigenvalue weighted by molar-refractivity contribution is -0.116. The molecule has 0 unspecified atom stereocenters. The van der Waals surface area contributed by atoms with Crippen LogP contribution in [-0.2, 0) is 4.79 Å². The number of hydrogen-bond donors (Lipinski definition) is 1. The molecule has 0 saturated carbocycles. The summed E-state index contributed by atoms with van der Waals surface area (Å²) in [6.07, 6.45) is 2.44. The normalized spacial score (nSPS) is 8.40. The Morgan fingerprint density at radius 2 is 2.20 bits per heavy atom. The van der Waals surface area contributed by atoms with Crippen LogP contribution in [0.1, 0.15) is 5.56 Å². The van der Waals surface area contributed by atoms with Crippen molar-refractivity contribution >= 4 is 6.41 Å². The molecule has 1 aromatic carbocycles. The van der Waals surface area contributed by atoms with E-state index in [9.17, 15) is 4.79 Å². The van der Waals surface area contributed by atoms with Crippen molar-refractivity contribution in [2.45, 2.75) is 6.92 Å². The first-order chi connectivity index (χ1) is 7.10. The van der Waals surface area contributed by atoms with Crippen LogP contribution in [0.4, 0.5) is 0 Å². The summed E-state index contributed by atoms with van der Waals surface area (Å²) in [4.78, 5) is 11.3. The zero-order valence-electron chi connectivity index (χ0n) is 9.18. The van der Waals surface area contributed by atoms with Crippen LogP contribution in [0.3, 0.4) is 0 Å². The van der Waals surface area contributed by atoms with E-state index in [1.54, 1.807) is 25.3 Å². The van der Waals surface area contributed by atoms with Gasteiger partial charge in [-0.05, 0) is 24.6 Å². The Bertz CT molecular complexity index is 293. The molecular formula is C12H17NO2. The van der Waals surface area contributed by atoms with Crippen LogP contribution in [0.25, 0.3) is 0 Å². The Kier molecular flexibility index (Phi) is 6.72. The predicted molar refractivity (Wildman–Crippen MR) is 61.7 cm³/mol. The lowest BCUT2D eigenvalue weighted by atomic mass is 10.2. The van der Waals surface area contributed by atoms with E-state index in [0.717, 1.165) is 12.0 Å². The maximum Gasteiger partial charge on any atom is 0.209 e. The molecule has 0 heterocycles. The highest BCUT2D eigenvalue weighted by Gasteiger charge is 1.83. The van der Waals surface area contributed by atoms with Gasteiger partial charge in [-0.25, -0.2) is 0 Å². The number of aromatic hydroxyl groups is 1. The standard InChI is InChI=1S/C7H8O.C5H9NO/c1-6-3-2-4-7(8)5-6;1-3-4-6(2)5-7/h2-5,8H,1H3;3,5H,1,4H2,2H3. The largest absolute Gasteiger partial charge is 0.508 e. The molecule has 0 atom stereocenters. The van der Waals surface area contributed by atoms with Gasteiger partial charge in [0.25, 0.3) is 0 Å². The van der Waals surface area contributed by atoms with Crippen molar-refractivity contribution in [3.63, 3.8) is 0 Å². The van der Waals surface area contributed by atoms with Crippen LogP contribution in [0.5, 0.6) is 5.75 Å². The van der Waals surface area contributed by atoms with Crippen molar-refractivity contribution in [2.75, 3.05) is 13.6 Å². The first-order valence-electron chi connectivity index (χ1n) is 4.62. The summed E-state index contributed by atoms with van der Waals surface area (Å²) >= 11 is 0. The van der Waals surface area contributed by atoms with Gasteiger partial charge in [0.2, 0.25) is 6.41 Å². The Morgan fingerprint density at radius 1 is 1.53 bits per heavy atom. The van der Waals surface area contributed by atoms with Crippen LogP contribution in [0.2, 0.25) is 0 Å². The first-order valence-corrected chi connectivity index (χ1v) is 4.62. The molecule has 0 bridgehead atoms. The molecule has 0 saturated heterocycles. The van der Waals surface area contributed by atoms with Gasteiger partial charge in [0, 0.05) is 13.6 Å². The number of carbonyl (C=O) groups excluding carboxylic acids is 1. The number of phenols is 1. The number of phenolic OH excluding ortho intramolecular Hbond substituents is 1. The maximum absolute atomic E-state index is 9.77. The fourth-order valence-corrected chi connectivity index (χ4v) is 0.875. The molecule has 15 heavy (non-hydrogen) atoms. The van der Waals surface area contributed by atoms with Crippen LogP contribution >= 0.6 is 0 Å². The minimum absolute atomic E-state index is 0.338. The molecule has 0 aliphatic heterocycles. The summed E-state index contributed by atoms with van der Waals surface area (Å²) in [6, 6.07) is 7.15. The molecule has 3 nitrogen and oxygen atoms in total. The molecule has 0 fully saturated rings. The second kappa shape index (κ2) is 7.62. The van der Waals surface area contributed by atoms with E-state index >= 15 is 0 Å². The number of carbonyl (C=O) groups is 1. The predicted octanol–water partition coefficient (Wildman–Crippen LogP) is 1.96. The zero-order valence-corrected chi connectivity index (χ0v) is 9.18. The van der Waals surface area contributed by atoms with Crippen LogP contribution in [0, 0.1) is 6.92 Å². The molecule has 0 spiro atoms. The van der Waals surface area contributed by atoms with Gasteiger partial charge < -0.3 is 10.0 Å². The molecule has 82 valence electrons. The SMILES string of the molecule is C=CCN(C)C=O.Cc1cccc(O)c1. The van der Waals surface area contributed by atoms with E-state index in [0.29, 0.717) is 12.3 Å². The summed E-state index contributed by atoms with van der Waals surface area (Å²) < 4.78 is 0. The number of rotatable bonds is 3. The van der Waals surface area contributed by atoms with Crippen molar-refractivity contribution in [1.29, 1.82) is 0 Å². The first kappa shape index (κ1) is 13.2. The van der Waals surface area contributed by atoms with Crippen molar-refractivity contribution < 1.29 is 9.90 Å². The van der Waals surface area contributed by atoms with Crippen LogP contribution in [0.15, 0.2) is 36.9 Å². The van der Waals surface area contributed by atoms with Crippen LogP contribution in [-0.4, -0.2) is 30.0 Å². The van der Waals surface area contributed by atoms with E-state index < -0.39 is 0 Å². The summed E-state index contributed by atoms with van der Waals surface area (Å²) in [7, 11) is 1.70. The summed E-state index contributed by atoms with van der Waals surface area (Å²) in [5, 5.41) is 8.81. The summed E-state index contributed by atoms with van der Waals surface area (Å²) in [5.41, 5.74) is 1.09. The topological polar surface area (TPSA) is 40.5 Å². The van der Waals surface area contributed by atoms with E-state index in [1.807, 2.05) is 19.1 Å².